The SMILES string of the molecule is O=C(CC(C(=O)O)(C(=O)O)C(=O)O)N1CCN(c2ccc([N+](=O)[O-])cc2)CC1. The number of anilines is 1. The van der Waals surface area contributed by atoms with Crippen LogP contribution in [-0.4, -0.2) is 75.1 Å². The van der Waals surface area contributed by atoms with Gasteiger partial charge in [-0.05, 0) is 12.1 Å². The zero-order chi connectivity index (χ0) is 21.1. The summed E-state index contributed by atoms with van der Waals surface area (Å²) in [6.07, 6.45) is -1.20. The Morgan fingerprint density at radius 2 is 1.39 bits per heavy atom. The topological polar surface area (TPSA) is 179 Å². The van der Waals surface area contributed by atoms with E-state index in [-0.39, 0.29) is 18.8 Å². The summed E-state index contributed by atoms with van der Waals surface area (Å²) in [5.74, 6) is -7.25. The lowest BCUT2D eigenvalue weighted by Gasteiger charge is -2.36. The number of rotatable bonds is 7. The van der Waals surface area contributed by atoms with E-state index in [0.717, 1.165) is 0 Å². The van der Waals surface area contributed by atoms with Crippen LogP contribution in [-0.2, 0) is 19.2 Å². The number of benzene rings is 1. The number of carbonyl (C=O) groups excluding carboxylic acids is 1. The van der Waals surface area contributed by atoms with Gasteiger partial charge in [-0.1, -0.05) is 0 Å². The fraction of sp³-hybridized carbons (Fsp3) is 0.375. The first-order valence-electron chi connectivity index (χ1n) is 8.07. The molecule has 150 valence electrons. The van der Waals surface area contributed by atoms with E-state index >= 15 is 0 Å². The van der Waals surface area contributed by atoms with E-state index in [0.29, 0.717) is 18.8 Å². The number of carboxylic acid groups (broad SMARTS) is 3. The van der Waals surface area contributed by atoms with Crippen LogP contribution in [0.1, 0.15) is 6.42 Å². The normalized spacial score (nSPS) is 14.4. The van der Waals surface area contributed by atoms with E-state index in [4.69, 9.17) is 15.3 Å². The molecule has 0 bridgehead atoms. The zero-order valence-corrected chi connectivity index (χ0v) is 14.5. The molecule has 1 saturated heterocycles. The molecule has 1 aromatic carbocycles. The summed E-state index contributed by atoms with van der Waals surface area (Å²) in [6.45, 7) is 0.850. The number of non-ortho nitro benzene ring substituents is 1. The number of hydrogen-bond donors (Lipinski definition) is 3. The average molecular weight is 395 g/mol. The smallest absolute Gasteiger partial charge is 0.333 e. The number of amides is 1. The van der Waals surface area contributed by atoms with Crippen LogP contribution in [0.2, 0.25) is 0 Å². The van der Waals surface area contributed by atoms with Crippen molar-refractivity contribution in [3.05, 3.63) is 34.4 Å². The summed E-state index contributed by atoms with van der Waals surface area (Å²) in [4.78, 5) is 59.3. The lowest BCUT2D eigenvalue weighted by Crippen LogP contribution is -2.53. The number of aliphatic carboxylic acids is 3. The van der Waals surface area contributed by atoms with Crippen LogP contribution in [0.25, 0.3) is 0 Å². The number of hydrogen-bond acceptors (Lipinski definition) is 7. The van der Waals surface area contributed by atoms with Crippen LogP contribution in [0.15, 0.2) is 24.3 Å². The molecule has 0 aliphatic carbocycles. The summed E-state index contributed by atoms with van der Waals surface area (Å²) < 4.78 is 0. The van der Waals surface area contributed by atoms with E-state index in [1.165, 1.54) is 17.0 Å². The molecule has 28 heavy (non-hydrogen) atoms. The molecule has 1 amide bonds. The van der Waals surface area contributed by atoms with Gasteiger partial charge in [0, 0.05) is 44.0 Å². The Morgan fingerprint density at radius 1 is 0.929 bits per heavy atom. The van der Waals surface area contributed by atoms with Crippen molar-refractivity contribution in [3.8, 4) is 0 Å². The van der Waals surface area contributed by atoms with Crippen molar-refractivity contribution in [3.63, 3.8) is 0 Å². The average Bonchev–Trinajstić information content (AvgIpc) is 2.65. The minimum atomic E-state index is -3.24. The van der Waals surface area contributed by atoms with Gasteiger partial charge in [0.1, 0.15) is 0 Å². The van der Waals surface area contributed by atoms with Crippen molar-refractivity contribution < 1.29 is 39.4 Å². The molecule has 12 nitrogen and oxygen atoms in total. The Hall–Kier alpha value is -3.70. The second-order valence-electron chi connectivity index (χ2n) is 6.14. The highest BCUT2D eigenvalue weighted by Crippen LogP contribution is 2.26. The molecule has 0 saturated carbocycles. The van der Waals surface area contributed by atoms with Crippen LogP contribution in [0.4, 0.5) is 11.4 Å². The van der Waals surface area contributed by atoms with Gasteiger partial charge in [-0.2, -0.15) is 0 Å². The first-order valence-corrected chi connectivity index (χ1v) is 8.07. The Morgan fingerprint density at radius 3 is 1.79 bits per heavy atom. The maximum Gasteiger partial charge on any atom is 0.333 e. The molecule has 2 rings (SSSR count). The summed E-state index contributed by atoms with van der Waals surface area (Å²) in [5.41, 5.74) is -2.62. The largest absolute Gasteiger partial charge is 0.480 e. The molecule has 0 radical (unpaired) electrons. The van der Waals surface area contributed by atoms with Gasteiger partial charge in [0.2, 0.25) is 5.91 Å². The van der Waals surface area contributed by atoms with E-state index in [1.54, 1.807) is 12.1 Å². The van der Waals surface area contributed by atoms with Crippen molar-refractivity contribution in [2.45, 2.75) is 6.42 Å². The second-order valence-corrected chi connectivity index (χ2v) is 6.14. The van der Waals surface area contributed by atoms with Gasteiger partial charge in [-0.3, -0.25) is 29.3 Å². The van der Waals surface area contributed by atoms with Gasteiger partial charge in [-0.15, -0.1) is 0 Å². The highest BCUT2D eigenvalue weighted by Gasteiger charge is 2.56. The van der Waals surface area contributed by atoms with Crippen molar-refractivity contribution in [1.29, 1.82) is 0 Å². The Bertz CT molecular complexity index is 777. The molecule has 0 unspecified atom stereocenters. The van der Waals surface area contributed by atoms with Crippen LogP contribution in [0, 0.1) is 15.5 Å². The van der Waals surface area contributed by atoms with Crippen molar-refractivity contribution in [2.24, 2.45) is 5.41 Å². The van der Waals surface area contributed by atoms with Gasteiger partial charge >= 0.3 is 17.9 Å². The predicted octanol–water partition coefficient (Wildman–Crippen LogP) is -0.126. The van der Waals surface area contributed by atoms with Crippen LogP contribution < -0.4 is 4.90 Å². The fourth-order valence-corrected chi connectivity index (χ4v) is 2.84. The molecule has 1 heterocycles. The Balaban J connectivity index is 2.05. The molecule has 0 spiro atoms. The maximum absolute atomic E-state index is 12.3. The summed E-state index contributed by atoms with van der Waals surface area (Å²) >= 11 is 0. The molecule has 1 aliphatic rings. The quantitative estimate of drug-likeness (QED) is 0.320. The molecule has 1 fully saturated rings. The number of carboxylic acids is 3. The first-order chi connectivity index (χ1) is 13.1. The van der Waals surface area contributed by atoms with Crippen molar-refractivity contribution in [2.75, 3.05) is 31.1 Å². The second kappa shape index (κ2) is 7.90. The monoisotopic (exact) mass is 395 g/mol. The molecule has 1 aromatic rings. The molecule has 1 aliphatic heterocycles. The summed E-state index contributed by atoms with van der Waals surface area (Å²) in [7, 11) is 0. The third-order valence-corrected chi connectivity index (χ3v) is 4.57. The summed E-state index contributed by atoms with van der Waals surface area (Å²) in [6, 6.07) is 5.79. The maximum atomic E-state index is 12.3. The molecule has 0 atom stereocenters. The molecule has 3 N–H and O–H groups in total. The lowest BCUT2D eigenvalue weighted by molar-refractivity contribution is -0.384. The molecular formula is C16H17N3O9. The van der Waals surface area contributed by atoms with E-state index in [1.807, 2.05) is 4.90 Å². The third-order valence-electron chi connectivity index (χ3n) is 4.57. The van der Waals surface area contributed by atoms with Gasteiger partial charge in [0.05, 0.1) is 11.3 Å². The number of carbonyl (C=O) groups is 4. The minimum absolute atomic E-state index is 0.0649. The zero-order valence-electron chi connectivity index (χ0n) is 14.5. The number of piperazine rings is 1. The number of nitro benzene ring substituents is 1. The van der Waals surface area contributed by atoms with E-state index < -0.39 is 40.6 Å². The molecule has 0 aromatic heterocycles. The Kier molecular flexibility index (Phi) is 5.81. The van der Waals surface area contributed by atoms with Gasteiger partial charge in [-0.25, -0.2) is 0 Å². The van der Waals surface area contributed by atoms with Gasteiger partial charge in [0.25, 0.3) is 11.1 Å². The number of nitrogens with zero attached hydrogens (tertiary/aromatic N) is 3. The van der Waals surface area contributed by atoms with E-state index in [2.05, 4.69) is 0 Å². The van der Waals surface area contributed by atoms with Gasteiger partial charge in [0.15, 0.2) is 0 Å². The Labute approximate surface area is 157 Å². The predicted molar refractivity (Wildman–Crippen MR) is 91.8 cm³/mol. The van der Waals surface area contributed by atoms with E-state index in [9.17, 15) is 29.3 Å². The first kappa shape index (κ1) is 20.6. The molecular weight excluding hydrogens is 378 g/mol. The van der Waals surface area contributed by atoms with Crippen molar-refractivity contribution in [1.82, 2.24) is 4.90 Å². The van der Waals surface area contributed by atoms with Crippen LogP contribution in [0.5, 0.6) is 0 Å². The number of nitro groups is 1. The standard InChI is InChI=1S/C16H17N3O9/c20-12(9-16(13(21)22,14(23)24)15(25)26)18-7-5-17(6-8-18)10-1-3-11(4-2-10)19(27)28/h1-4H,5-9H2,(H,21,22)(H,23,24)(H,25,26). The summed E-state index contributed by atoms with van der Waals surface area (Å²) in [5, 5.41) is 37.9. The third kappa shape index (κ3) is 3.84. The fourth-order valence-electron chi connectivity index (χ4n) is 2.84. The lowest BCUT2D eigenvalue weighted by atomic mass is 9.84. The van der Waals surface area contributed by atoms with Crippen LogP contribution >= 0.6 is 0 Å². The van der Waals surface area contributed by atoms with Gasteiger partial charge < -0.3 is 25.1 Å². The highest BCUT2D eigenvalue weighted by atomic mass is 16.6. The molecule has 12 heteroatoms. The van der Waals surface area contributed by atoms with Crippen LogP contribution in [0.3, 0.4) is 0 Å². The highest BCUT2D eigenvalue weighted by molar-refractivity contribution is 6.18. The minimum Gasteiger partial charge on any atom is -0.480 e. The van der Waals surface area contributed by atoms with Crippen molar-refractivity contribution >= 4 is 35.2 Å².